The first-order chi connectivity index (χ1) is 15.3. The lowest BCUT2D eigenvalue weighted by Crippen LogP contribution is -2.41. The van der Waals surface area contributed by atoms with E-state index in [1.807, 2.05) is 16.8 Å². The van der Waals surface area contributed by atoms with Crippen LogP contribution in [0, 0.1) is 6.92 Å². The molecule has 4 aromatic rings. The molecule has 0 unspecified atom stereocenters. The molecule has 0 radical (unpaired) electrons. The minimum absolute atomic E-state index is 0.167. The summed E-state index contributed by atoms with van der Waals surface area (Å²) < 4.78 is 3.01. The topological polar surface area (TPSA) is 69.5 Å². The van der Waals surface area contributed by atoms with E-state index >= 15 is 0 Å². The molecule has 0 saturated carbocycles. The number of fused-ring (bicyclic) bond motifs is 2. The maximum atomic E-state index is 13.4. The molecule has 4 aromatic heterocycles. The van der Waals surface area contributed by atoms with Gasteiger partial charge < -0.3 is 14.8 Å². The van der Waals surface area contributed by atoms with Gasteiger partial charge in [-0.05, 0) is 63.0 Å². The Hall–Kier alpha value is -2.71. The van der Waals surface area contributed by atoms with E-state index in [0.29, 0.717) is 12.0 Å². The van der Waals surface area contributed by atoms with Gasteiger partial charge in [-0.2, -0.15) is 5.10 Å². The summed E-state index contributed by atoms with van der Waals surface area (Å²) >= 11 is 1.62. The number of nitrogens with one attached hydrogen (secondary N) is 1. The van der Waals surface area contributed by atoms with Crippen molar-refractivity contribution in [3.8, 4) is 11.3 Å². The minimum atomic E-state index is 0.167. The van der Waals surface area contributed by atoms with Crippen LogP contribution in [0.4, 0.5) is 0 Å². The monoisotopic (exact) mass is 450 g/mol. The molecule has 168 valence electrons. The van der Waals surface area contributed by atoms with E-state index in [9.17, 15) is 4.79 Å². The van der Waals surface area contributed by atoms with Crippen LogP contribution >= 0.6 is 11.3 Å². The zero-order valence-corrected chi connectivity index (χ0v) is 20.2. The van der Waals surface area contributed by atoms with E-state index in [1.54, 1.807) is 17.7 Å². The Kier molecular flexibility index (Phi) is 5.29. The highest BCUT2D eigenvalue weighted by atomic mass is 32.1. The van der Waals surface area contributed by atoms with E-state index in [2.05, 4.69) is 65.8 Å². The fraction of sp³-hybridized carbons (Fsp3) is 0.458. The molecule has 1 aliphatic heterocycles. The number of carbonyl (C=O) groups excluding carboxylic acids is 1. The first kappa shape index (κ1) is 21.2. The highest BCUT2D eigenvalue weighted by Crippen LogP contribution is 2.40. The molecule has 32 heavy (non-hydrogen) atoms. The fourth-order valence-corrected chi connectivity index (χ4v) is 6.24. The van der Waals surface area contributed by atoms with E-state index in [0.717, 1.165) is 58.8 Å². The molecule has 0 bridgehead atoms. The lowest BCUT2D eigenvalue weighted by molar-refractivity contribution is 0.0721. The van der Waals surface area contributed by atoms with Gasteiger partial charge in [0.1, 0.15) is 6.33 Å². The quantitative estimate of drug-likeness (QED) is 0.485. The number of amides is 1. The van der Waals surface area contributed by atoms with Crippen LogP contribution in [0.15, 0.2) is 24.7 Å². The predicted molar refractivity (Wildman–Crippen MR) is 130 cm³/mol. The molecule has 1 aliphatic rings. The summed E-state index contributed by atoms with van der Waals surface area (Å²) in [7, 11) is 4.15. The predicted octanol–water partition coefficient (Wildman–Crippen LogP) is 4.54. The number of thiophene rings is 1. The molecule has 0 aromatic carbocycles. The number of hydrogen-bond acceptors (Lipinski definition) is 5. The molecular weight excluding hydrogens is 420 g/mol. The number of rotatable bonds is 5. The number of aryl methyl sites for hydroxylation is 1. The van der Waals surface area contributed by atoms with Crippen LogP contribution in [0.25, 0.3) is 27.1 Å². The Morgan fingerprint density at radius 2 is 2.16 bits per heavy atom. The van der Waals surface area contributed by atoms with Crippen LogP contribution in [-0.2, 0) is 0 Å². The van der Waals surface area contributed by atoms with Gasteiger partial charge in [-0.3, -0.25) is 4.79 Å². The van der Waals surface area contributed by atoms with Crippen molar-refractivity contribution in [1.82, 2.24) is 29.4 Å². The molecule has 1 fully saturated rings. The maximum Gasteiger partial charge on any atom is 0.264 e. The molecule has 5 heterocycles. The number of aromatic nitrogens is 4. The highest BCUT2D eigenvalue weighted by molar-refractivity contribution is 7.21. The minimum Gasteiger partial charge on any atom is -0.354 e. The molecule has 0 aliphatic carbocycles. The van der Waals surface area contributed by atoms with Crippen molar-refractivity contribution in [2.75, 3.05) is 27.2 Å². The number of hydrogen-bond donors (Lipinski definition) is 1. The molecule has 1 atom stereocenters. The molecule has 1 saturated heterocycles. The van der Waals surface area contributed by atoms with Crippen LogP contribution in [0.2, 0.25) is 0 Å². The van der Waals surface area contributed by atoms with Crippen molar-refractivity contribution >= 4 is 33.1 Å². The number of pyridine rings is 1. The van der Waals surface area contributed by atoms with Gasteiger partial charge in [0.05, 0.1) is 20.8 Å². The number of likely N-dealkylation sites (tertiary alicyclic amines) is 1. The van der Waals surface area contributed by atoms with Gasteiger partial charge in [-0.25, -0.2) is 9.50 Å². The molecule has 1 amide bonds. The van der Waals surface area contributed by atoms with Crippen molar-refractivity contribution in [3.63, 3.8) is 0 Å². The number of nitrogens with zero attached hydrogens (tertiary/aromatic N) is 5. The zero-order valence-electron chi connectivity index (χ0n) is 19.3. The summed E-state index contributed by atoms with van der Waals surface area (Å²) in [5.74, 6) is 0.487. The summed E-state index contributed by atoms with van der Waals surface area (Å²) in [4.78, 5) is 26.4. The van der Waals surface area contributed by atoms with Gasteiger partial charge in [-0.1, -0.05) is 13.8 Å². The third-order valence-electron chi connectivity index (χ3n) is 6.36. The van der Waals surface area contributed by atoms with Crippen LogP contribution in [0.1, 0.15) is 53.4 Å². The van der Waals surface area contributed by atoms with Gasteiger partial charge in [-0.15, -0.1) is 11.3 Å². The summed E-state index contributed by atoms with van der Waals surface area (Å²) in [5.41, 5.74) is 6.45. The lowest BCUT2D eigenvalue weighted by Gasteiger charge is -2.26. The molecule has 0 spiro atoms. The van der Waals surface area contributed by atoms with Crippen LogP contribution < -0.4 is 0 Å². The van der Waals surface area contributed by atoms with Gasteiger partial charge in [0.2, 0.25) is 0 Å². The van der Waals surface area contributed by atoms with Crippen molar-refractivity contribution in [2.24, 2.45) is 0 Å². The van der Waals surface area contributed by atoms with Gasteiger partial charge in [0.25, 0.3) is 5.91 Å². The number of likely N-dealkylation sites (N-methyl/N-ethyl adjacent to an activating group) is 1. The Morgan fingerprint density at radius 1 is 1.34 bits per heavy atom. The van der Waals surface area contributed by atoms with Crippen LogP contribution in [0.3, 0.4) is 0 Å². The smallest absolute Gasteiger partial charge is 0.264 e. The number of H-pyrrole nitrogens is 1. The van der Waals surface area contributed by atoms with Gasteiger partial charge >= 0.3 is 0 Å². The van der Waals surface area contributed by atoms with E-state index < -0.39 is 0 Å². The van der Waals surface area contributed by atoms with E-state index in [1.165, 1.54) is 10.3 Å². The molecular formula is C24H30N6OS. The molecule has 8 heteroatoms. The SMILES string of the molecule is Cc1cc(-c2[nH]c3cc(C(=O)N4CCC[C@@H]4CN(C)C)sc3c2C(C)C)cn2ncnc12. The lowest BCUT2D eigenvalue weighted by atomic mass is 9.99. The summed E-state index contributed by atoms with van der Waals surface area (Å²) in [6.07, 6.45) is 5.78. The Balaban J connectivity index is 1.54. The Labute approximate surface area is 192 Å². The summed E-state index contributed by atoms with van der Waals surface area (Å²) in [6.45, 7) is 8.25. The van der Waals surface area contributed by atoms with Crippen molar-refractivity contribution in [1.29, 1.82) is 0 Å². The van der Waals surface area contributed by atoms with Gasteiger partial charge in [0.15, 0.2) is 5.65 Å². The first-order valence-corrected chi connectivity index (χ1v) is 12.1. The number of carbonyl (C=O) groups is 1. The Bertz CT molecular complexity index is 1300. The molecule has 5 rings (SSSR count). The second kappa shape index (κ2) is 8.01. The van der Waals surface area contributed by atoms with Gasteiger partial charge in [0, 0.05) is 30.9 Å². The maximum absolute atomic E-state index is 13.4. The first-order valence-electron chi connectivity index (χ1n) is 11.2. The second-order valence-electron chi connectivity index (χ2n) is 9.42. The largest absolute Gasteiger partial charge is 0.354 e. The highest BCUT2D eigenvalue weighted by Gasteiger charge is 2.31. The molecule has 1 N–H and O–H groups in total. The third kappa shape index (κ3) is 3.51. The average molecular weight is 451 g/mol. The number of aromatic amines is 1. The normalized spacial score (nSPS) is 17.0. The zero-order chi connectivity index (χ0) is 22.6. The average Bonchev–Trinajstić information content (AvgIpc) is 3.49. The Morgan fingerprint density at radius 3 is 2.91 bits per heavy atom. The standard InChI is InChI=1S/C24H30N6OS/c1-14(2)20-21(16-9-15(3)23-25-13-26-30(23)11-16)27-18-10-19(32-22(18)20)24(31)29-8-6-7-17(29)12-28(4)5/h9-11,13-14,17,27H,6-8,12H2,1-5H3/t17-/m1/s1. The summed E-state index contributed by atoms with van der Waals surface area (Å²) in [5, 5.41) is 4.33. The second-order valence-corrected chi connectivity index (χ2v) is 10.5. The molecule has 7 nitrogen and oxygen atoms in total. The fourth-order valence-electron chi connectivity index (χ4n) is 4.97. The van der Waals surface area contributed by atoms with Crippen LogP contribution in [0.5, 0.6) is 0 Å². The third-order valence-corrected chi connectivity index (χ3v) is 7.51. The summed E-state index contributed by atoms with van der Waals surface area (Å²) in [6, 6.07) is 4.51. The van der Waals surface area contributed by atoms with Crippen molar-refractivity contribution in [3.05, 3.63) is 40.7 Å². The van der Waals surface area contributed by atoms with Crippen molar-refractivity contribution < 1.29 is 4.79 Å². The van der Waals surface area contributed by atoms with E-state index in [4.69, 9.17) is 0 Å². The van der Waals surface area contributed by atoms with E-state index in [-0.39, 0.29) is 5.91 Å². The van der Waals surface area contributed by atoms with Crippen LogP contribution in [-0.4, -0.2) is 68.5 Å². The van der Waals surface area contributed by atoms with Crippen molar-refractivity contribution in [2.45, 2.75) is 45.6 Å².